The number of para-hydroxylation sites is 2. The Kier molecular flexibility index (Phi) is 7.45. The van der Waals surface area contributed by atoms with Gasteiger partial charge in [-0.15, -0.1) is 0 Å². The number of nitrogens with one attached hydrogen (secondary N) is 3. The van der Waals surface area contributed by atoms with Crippen LogP contribution in [-0.2, 0) is 11.2 Å². The molecule has 0 radical (unpaired) electrons. The molecule has 3 N–H and O–H groups in total. The Labute approximate surface area is 204 Å². The number of methoxy groups -OCH3 is 1. The monoisotopic (exact) mass is 470 g/mol. The molecule has 0 bridgehead atoms. The Balaban J connectivity index is 1.55. The fourth-order valence-electron chi connectivity index (χ4n) is 3.97. The molecule has 0 aliphatic rings. The fourth-order valence-corrected chi connectivity index (χ4v) is 3.97. The zero-order valence-corrected chi connectivity index (χ0v) is 20.1. The predicted molar refractivity (Wildman–Crippen MR) is 136 cm³/mol. The number of imidazole rings is 1. The lowest BCUT2D eigenvalue weighted by atomic mass is 10.0. The van der Waals surface area contributed by atoms with E-state index in [2.05, 4.69) is 15.6 Å². The zero-order chi connectivity index (χ0) is 24.8. The maximum atomic E-state index is 13.5. The highest BCUT2D eigenvalue weighted by molar-refractivity contribution is 5.97. The normalized spacial score (nSPS) is 12.8. The fraction of sp³-hybridized carbons (Fsp3) is 0.250. The van der Waals surface area contributed by atoms with Crippen molar-refractivity contribution in [1.82, 2.24) is 20.6 Å². The second kappa shape index (κ2) is 10.9. The summed E-state index contributed by atoms with van der Waals surface area (Å²) in [5, 5.41) is 6.03. The van der Waals surface area contributed by atoms with E-state index in [0.29, 0.717) is 23.6 Å². The number of carbonyl (C=O) groups excluding carboxylic acids is 2. The Morgan fingerprint density at radius 3 is 2.26 bits per heavy atom. The molecule has 0 spiro atoms. The van der Waals surface area contributed by atoms with Crippen molar-refractivity contribution in [3.63, 3.8) is 0 Å². The van der Waals surface area contributed by atoms with E-state index in [4.69, 9.17) is 9.72 Å². The van der Waals surface area contributed by atoms with Gasteiger partial charge >= 0.3 is 0 Å². The van der Waals surface area contributed by atoms with Crippen LogP contribution in [0.5, 0.6) is 5.75 Å². The molecule has 0 saturated carbocycles. The number of hydrogen-bond donors (Lipinski definition) is 3. The van der Waals surface area contributed by atoms with Crippen LogP contribution in [0, 0.1) is 5.92 Å². The van der Waals surface area contributed by atoms with Gasteiger partial charge < -0.3 is 20.4 Å². The third-order valence-electron chi connectivity index (χ3n) is 5.92. The first-order valence-corrected chi connectivity index (χ1v) is 11.7. The number of benzene rings is 3. The minimum atomic E-state index is -0.716. The molecular weight excluding hydrogens is 440 g/mol. The summed E-state index contributed by atoms with van der Waals surface area (Å²) in [5.41, 5.74) is 3.27. The summed E-state index contributed by atoms with van der Waals surface area (Å²) >= 11 is 0. The average Bonchev–Trinajstić information content (AvgIpc) is 3.31. The van der Waals surface area contributed by atoms with Crippen molar-refractivity contribution >= 4 is 22.8 Å². The van der Waals surface area contributed by atoms with Crippen molar-refractivity contribution in [3.8, 4) is 5.75 Å². The first-order valence-electron chi connectivity index (χ1n) is 11.7. The highest BCUT2D eigenvalue weighted by Gasteiger charge is 2.28. The topological polar surface area (TPSA) is 96.1 Å². The molecule has 180 valence electrons. The maximum Gasteiger partial charge on any atom is 0.251 e. The van der Waals surface area contributed by atoms with E-state index in [1.165, 1.54) is 0 Å². The summed E-state index contributed by atoms with van der Waals surface area (Å²) in [4.78, 5) is 34.4. The van der Waals surface area contributed by atoms with E-state index in [1.54, 1.807) is 31.4 Å². The van der Waals surface area contributed by atoms with Crippen molar-refractivity contribution in [2.24, 2.45) is 5.92 Å². The number of fused-ring (bicyclic) bond motifs is 1. The molecule has 0 fully saturated rings. The van der Waals surface area contributed by atoms with Gasteiger partial charge in [0.1, 0.15) is 17.6 Å². The lowest BCUT2D eigenvalue weighted by Gasteiger charge is -2.25. The average molecular weight is 471 g/mol. The Morgan fingerprint density at radius 2 is 1.60 bits per heavy atom. The number of ether oxygens (including phenoxy) is 1. The predicted octanol–water partition coefficient (Wildman–Crippen LogP) is 4.43. The number of rotatable bonds is 9. The molecule has 2 amide bonds. The molecule has 1 heterocycles. The lowest BCUT2D eigenvalue weighted by Crippen LogP contribution is -2.50. The van der Waals surface area contributed by atoms with E-state index in [0.717, 1.165) is 16.6 Å². The molecule has 2 unspecified atom stereocenters. The van der Waals surface area contributed by atoms with E-state index >= 15 is 0 Å². The summed E-state index contributed by atoms with van der Waals surface area (Å²) in [7, 11) is 1.57. The minimum Gasteiger partial charge on any atom is -0.497 e. The third kappa shape index (κ3) is 5.87. The Morgan fingerprint density at radius 1 is 0.914 bits per heavy atom. The van der Waals surface area contributed by atoms with Gasteiger partial charge in [0.25, 0.3) is 5.91 Å². The van der Waals surface area contributed by atoms with Gasteiger partial charge in [-0.3, -0.25) is 9.59 Å². The van der Waals surface area contributed by atoms with Gasteiger partial charge in [-0.2, -0.15) is 0 Å². The van der Waals surface area contributed by atoms with Crippen LogP contribution in [0.4, 0.5) is 0 Å². The molecule has 4 rings (SSSR count). The zero-order valence-electron chi connectivity index (χ0n) is 20.1. The molecule has 0 aliphatic heterocycles. The molecule has 7 nitrogen and oxygen atoms in total. The van der Waals surface area contributed by atoms with Crippen LogP contribution in [0.2, 0.25) is 0 Å². The standard InChI is InChI=1S/C28H30N4O3/c1-18(2)25(32-27(33)20-13-15-21(35-3)16-14-20)28(34)31-24(17-19-9-5-4-6-10-19)26-29-22-11-7-8-12-23(22)30-26/h4-16,18,24-25H,17H2,1-3H3,(H,29,30)(H,31,34)(H,32,33). The van der Waals surface area contributed by atoms with Gasteiger partial charge in [0, 0.05) is 5.56 Å². The quantitative estimate of drug-likeness (QED) is 0.337. The lowest BCUT2D eigenvalue weighted by molar-refractivity contribution is -0.124. The van der Waals surface area contributed by atoms with Gasteiger partial charge in [0.2, 0.25) is 5.91 Å². The van der Waals surface area contributed by atoms with Crippen molar-refractivity contribution in [3.05, 3.63) is 95.8 Å². The van der Waals surface area contributed by atoms with E-state index in [-0.39, 0.29) is 17.7 Å². The summed E-state index contributed by atoms with van der Waals surface area (Å²) < 4.78 is 5.16. The van der Waals surface area contributed by atoms with Gasteiger partial charge in [0.15, 0.2) is 0 Å². The van der Waals surface area contributed by atoms with Crippen LogP contribution in [0.15, 0.2) is 78.9 Å². The van der Waals surface area contributed by atoms with Crippen molar-refractivity contribution in [2.75, 3.05) is 7.11 Å². The summed E-state index contributed by atoms with van der Waals surface area (Å²) in [5.74, 6) is 0.639. The molecule has 1 aromatic heterocycles. The van der Waals surface area contributed by atoms with Crippen molar-refractivity contribution in [1.29, 1.82) is 0 Å². The van der Waals surface area contributed by atoms with E-state index < -0.39 is 12.1 Å². The number of carbonyl (C=O) groups is 2. The number of nitrogens with zero attached hydrogens (tertiary/aromatic N) is 1. The molecular formula is C28H30N4O3. The summed E-state index contributed by atoms with van der Waals surface area (Å²) in [6.07, 6.45) is 0.559. The molecule has 35 heavy (non-hydrogen) atoms. The largest absolute Gasteiger partial charge is 0.497 e. The number of hydrogen-bond acceptors (Lipinski definition) is 4. The minimum absolute atomic E-state index is 0.120. The SMILES string of the molecule is COc1ccc(C(=O)NC(C(=O)NC(Cc2ccccc2)c2nc3ccccc3[nH]2)C(C)C)cc1. The van der Waals surface area contributed by atoms with Crippen LogP contribution in [0.3, 0.4) is 0 Å². The van der Waals surface area contributed by atoms with Gasteiger partial charge in [0.05, 0.1) is 24.2 Å². The smallest absolute Gasteiger partial charge is 0.251 e. The van der Waals surface area contributed by atoms with E-state index in [1.807, 2.05) is 68.4 Å². The number of H-pyrrole nitrogens is 1. The summed E-state index contributed by atoms with van der Waals surface area (Å²) in [6.45, 7) is 3.82. The molecule has 2 atom stereocenters. The van der Waals surface area contributed by atoms with Gasteiger partial charge in [-0.1, -0.05) is 56.3 Å². The van der Waals surface area contributed by atoms with Crippen LogP contribution in [0.1, 0.15) is 41.6 Å². The van der Waals surface area contributed by atoms with Gasteiger partial charge in [-0.05, 0) is 54.3 Å². The van der Waals surface area contributed by atoms with Crippen molar-refractivity contribution in [2.45, 2.75) is 32.4 Å². The Bertz CT molecular complexity index is 1250. The number of amides is 2. The molecule has 7 heteroatoms. The third-order valence-corrected chi connectivity index (χ3v) is 5.92. The second-order valence-corrected chi connectivity index (χ2v) is 8.81. The molecule has 3 aromatic carbocycles. The second-order valence-electron chi connectivity index (χ2n) is 8.81. The molecule has 0 saturated heterocycles. The van der Waals surface area contributed by atoms with Gasteiger partial charge in [-0.25, -0.2) is 4.98 Å². The number of aromatic amines is 1. The van der Waals surface area contributed by atoms with E-state index in [9.17, 15) is 9.59 Å². The van der Waals surface area contributed by atoms with Crippen LogP contribution < -0.4 is 15.4 Å². The number of aromatic nitrogens is 2. The highest BCUT2D eigenvalue weighted by Crippen LogP contribution is 2.21. The molecule has 4 aromatic rings. The highest BCUT2D eigenvalue weighted by atomic mass is 16.5. The van der Waals surface area contributed by atoms with Crippen molar-refractivity contribution < 1.29 is 14.3 Å². The van der Waals surface area contributed by atoms with Crippen LogP contribution in [-0.4, -0.2) is 34.9 Å². The van der Waals surface area contributed by atoms with Crippen LogP contribution >= 0.6 is 0 Å². The maximum absolute atomic E-state index is 13.5. The first-order chi connectivity index (χ1) is 16.9. The Hall–Kier alpha value is -4.13. The molecule has 0 aliphatic carbocycles. The van der Waals surface area contributed by atoms with Crippen LogP contribution in [0.25, 0.3) is 11.0 Å². The summed E-state index contributed by atoms with van der Waals surface area (Å²) in [6, 6.07) is 23.4. The first kappa shape index (κ1) is 24.0.